The molecule has 0 atom stereocenters. The number of rotatable bonds is 9. The molecule has 0 saturated carbocycles. The molecule has 1 amide bonds. The summed E-state index contributed by atoms with van der Waals surface area (Å²) < 4.78 is 0. The fourth-order valence-corrected chi connectivity index (χ4v) is 4.94. The van der Waals surface area contributed by atoms with Crippen LogP contribution in [-0.4, -0.2) is 54.0 Å². The van der Waals surface area contributed by atoms with Crippen molar-refractivity contribution in [1.82, 2.24) is 14.9 Å². The molecule has 0 unspecified atom stereocenters. The molecule has 7 heteroatoms. The van der Waals surface area contributed by atoms with Crippen LogP contribution in [0, 0.1) is 6.57 Å². The first-order chi connectivity index (χ1) is 17.7. The highest BCUT2D eigenvalue weighted by Gasteiger charge is 2.20. The minimum absolute atomic E-state index is 0.692. The number of nitrogens with zero attached hydrogens (tertiary/aromatic N) is 4. The van der Waals surface area contributed by atoms with Crippen LogP contribution in [0.2, 0.25) is 0 Å². The van der Waals surface area contributed by atoms with Crippen LogP contribution in [0.5, 0.6) is 0 Å². The van der Waals surface area contributed by atoms with Gasteiger partial charge in [0.2, 0.25) is 6.41 Å². The van der Waals surface area contributed by atoms with Gasteiger partial charge in [0.1, 0.15) is 0 Å². The number of pyridine rings is 1. The zero-order chi connectivity index (χ0) is 24.7. The van der Waals surface area contributed by atoms with E-state index in [4.69, 9.17) is 11.6 Å². The highest BCUT2D eigenvalue weighted by atomic mass is 16.1. The molecular weight excluding hydrogens is 448 g/mol. The Hall–Kier alpha value is -4.15. The predicted octanol–water partition coefficient (Wildman–Crippen LogP) is 5.49. The van der Waals surface area contributed by atoms with Crippen molar-refractivity contribution in [1.29, 1.82) is 0 Å². The minimum Gasteiger partial charge on any atom is -0.361 e. The second-order valence-corrected chi connectivity index (χ2v) is 9.16. The number of carbonyl (C=O) groups excluding carboxylic acids is 1. The van der Waals surface area contributed by atoms with Gasteiger partial charge < -0.3 is 15.2 Å². The van der Waals surface area contributed by atoms with E-state index in [9.17, 15) is 4.79 Å². The van der Waals surface area contributed by atoms with Crippen molar-refractivity contribution in [3.63, 3.8) is 0 Å². The average Bonchev–Trinajstić information content (AvgIpc) is 3.34. The quantitative estimate of drug-likeness (QED) is 0.190. The highest BCUT2D eigenvalue weighted by Crippen LogP contribution is 2.30. The monoisotopic (exact) mass is 478 g/mol. The first-order valence-corrected chi connectivity index (χ1v) is 12.5. The number of piperazine rings is 1. The molecule has 1 aliphatic heterocycles. The second kappa shape index (κ2) is 11.1. The normalized spacial score (nSPS) is 14.0. The number of aromatic nitrogens is 2. The third kappa shape index (κ3) is 5.24. The van der Waals surface area contributed by atoms with Crippen LogP contribution in [0.1, 0.15) is 18.4 Å². The first kappa shape index (κ1) is 23.6. The van der Waals surface area contributed by atoms with Gasteiger partial charge in [-0.1, -0.05) is 36.4 Å². The Bertz CT molecular complexity index is 1370. The molecule has 1 aliphatic rings. The number of benzene rings is 2. The van der Waals surface area contributed by atoms with Crippen molar-refractivity contribution in [2.45, 2.75) is 19.3 Å². The topological polar surface area (TPSA) is 68.6 Å². The fourth-order valence-electron chi connectivity index (χ4n) is 4.94. The van der Waals surface area contributed by atoms with Gasteiger partial charge in [-0.3, -0.25) is 9.69 Å². The van der Waals surface area contributed by atoms with E-state index in [1.807, 2.05) is 60.8 Å². The molecule has 0 aliphatic carbocycles. The van der Waals surface area contributed by atoms with E-state index in [0.717, 1.165) is 86.5 Å². The van der Waals surface area contributed by atoms with Crippen molar-refractivity contribution in [3.05, 3.63) is 84.0 Å². The lowest BCUT2D eigenvalue weighted by Crippen LogP contribution is -2.47. The number of nitrogens with one attached hydrogen (secondary N) is 2. The number of H-pyrrole nitrogens is 1. The third-order valence-electron chi connectivity index (χ3n) is 6.91. The summed E-state index contributed by atoms with van der Waals surface area (Å²) in [5, 5.41) is 4.02. The zero-order valence-electron chi connectivity index (χ0n) is 20.3. The van der Waals surface area contributed by atoms with Gasteiger partial charge in [0.15, 0.2) is 11.5 Å². The molecule has 0 radical (unpaired) electrons. The molecule has 1 saturated heterocycles. The Balaban J connectivity index is 1.14. The number of amides is 1. The molecular formula is C29H30N6O. The number of hydrogen-bond donors (Lipinski definition) is 2. The van der Waals surface area contributed by atoms with Gasteiger partial charge in [0.25, 0.3) is 0 Å². The Labute approximate surface area is 211 Å². The zero-order valence-corrected chi connectivity index (χ0v) is 20.3. The van der Waals surface area contributed by atoms with Crippen molar-refractivity contribution in [2.75, 3.05) is 42.9 Å². The molecule has 0 spiro atoms. The van der Waals surface area contributed by atoms with E-state index in [2.05, 4.69) is 31.1 Å². The van der Waals surface area contributed by atoms with Crippen LogP contribution in [0.4, 0.5) is 17.2 Å². The largest absolute Gasteiger partial charge is 0.361 e. The number of hydrogen-bond acceptors (Lipinski definition) is 4. The van der Waals surface area contributed by atoms with Crippen LogP contribution in [0.3, 0.4) is 0 Å². The summed E-state index contributed by atoms with van der Waals surface area (Å²) in [5.41, 5.74) is 5.90. The molecule has 0 bridgehead atoms. The third-order valence-corrected chi connectivity index (χ3v) is 6.91. The maximum absolute atomic E-state index is 11.3. The number of anilines is 2. The van der Waals surface area contributed by atoms with Gasteiger partial charge in [-0.25, -0.2) is 9.83 Å². The highest BCUT2D eigenvalue weighted by molar-refractivity contribution is 5.86. The molecule has 3 heterocycles. The maximum Gasteiger partial charge on any atom is 0.211 e. The van der Waals surface area contributed by atoms with Crippen LogP contribution in [0.15, 0.2) is 67.0 Å². The molecule has 7 nitrogen and oxygen atoms in total. The van der Waals surface area contributed by atoms with Gasteiger partial charge in [-0.15, -0.1) is 0 Å². The summed E-state index contributed by atoms with van der Waals surface area (Å²) in [7, 11) is 0. The maximum atomic E-state index is 11.3. The first-order valence-electron chi connectivity index (χ1n) is 12.5. The Kier molecular flexibility index (Phi) is 7.25. The summed E-state index contributed by atoms with van der Waals surface area (Å²) in [5.74, 6) is 0.833. The number of aryl methyl sites for hydroxylation is 1. The molecule has 1 fully saturated rings. The molecule has 36 heavy (non-hydrogen) atoms. The van der Waals surface area contributed by atoms with E-state index in [1.165, 1.54) is 10.9 Å². The van der Waals surface area contributed by atoms with Crippen molar-refractivity contribution >= 4 is 34.5 Å². The van der Waals surface area contributed by atoms with E-state index >= 15 is 0 Å². The summed E-state index contributed by atoms with van der Waals surface area (Å²) >= 11 is 0. The van der Waals surface area contributed by atoms with E-state index in [1.54, 1.807) is 0 Å². The lowest BCUT2D eigenvalue weighted by atomic mass is 10.1. The standard InChI is InChI=1S/C29H30N6O/c1-30-25-10-11-27-26(18-25)23(19-31-27)9-5-6-12-34-13-15-35(16-14-34)29-28(33-21-36)17-24(20-32-29)22-7-3-2-4-8-22/h2-4,7-8,10-11,17-21,31H,5-6,9,12-16H2,(H,33,36). The van der Waals surface area contributed by atoms with Gasteiger partial charge >= 0.3 is 0 Å². The fraction of sp³-hybridized carbons (Fsp3) is 0.276. The van der Waals surface area contributed by atoms with Crippen LogP contribution in [0.25, 0.3) is 26.9 Å². The average molecular weight is 479 g/mol. The van der Waals surface area contributed by atoms with Crippen molar-refractivity contribution < 1.29 is 4.79 Å². The molecule has 2 N–H and O–H groups in total. The van der Waals surface area contributed by atoms with Gasteiger partial charge in [-0.2, -0.15) is 0 Å². The lowest BCUT2D eigenvalue weighted by Gasteiger charge is -2.36. The summed E-state index contributed by atoms with van der Waals surface area (Å²) in [6.07, 6.45) is 7.96. The van der Waals surface area contributed by atoms with Crippen molar-refractivity contribution in [2.24, 2.45) is 0 Å². The molecule has 182 valence electrons. The number of aromatic amines is 1. The molecule has 5 rings (SSSR count). The summed E-state index contributed by atoms with van der Waals surface area (Å²) in [4.78, 5) is 27.6. The predicted molar refractivity (Wildman–Crippen MR) is 146 cm³/mol. The smallest absolute Gasteiger partial charge is 0.211 e. The lowest BCUT2D eigenvalue weighted by molar-refractivity contribution is -0.105. The van der Waals surface area contributed by atoms with E-state index in [0.29, 0.717) is 5.69 Å². The Morgan fingerprint density at radius 1 is 1.03 bits per heavy atom. The van der Waals surface area contributed by atoms with Gasteiger partial charge in [-0.05, 0) is 60.5 Å². The number of carbonyl (C=O) groups is 1. The van der Waals surface area contributed by atoms with Gasteiger partial charge in [0, 0.05) is 49.7 Å². The molecule has 4 aromatic rings. The van der Waals surface area contributed by atoms with Crippen LogP contribution >= 0.6 is 0 Å². The van der Waals surface area contributed by atoms with E-state index in [-0.39, 0.29) is 0 Å². The Morgan fingerprint density at radius 2 is 1.86 bits per heavy atom. The molecule has 2 aromatic heterocycles. The minimum atomic E-state index is 0.692. The second-order valence-electron chi connectivity index (χ2n) is 9.16. The van der Waals surface area contributed by atoms with E-state index < -0.39 is 0 Å². The van der Waals surface area contributed by atoms with Gasteiger partial charge in [0.05, 0.1) is 12.3 Å². The summed E-state index contributed by atoms with van der Waals surface area (Å²) in [6.45, 7) is 12.0. The Morgan fingerprint density at radius 3 is 2.64 bits per heavy atom. The van der Waals surface area contributed by atoms with Crippen LogP contribution < -0.4 is 10.2 Å². The number of unbranched alkanes of at least 4 members (excludes halogenated alkanes) is 1. The SMILES string of the molecule is [C-]#[N+]c1ccc2[nH]cc(CCCCN3CCN(c4ncc(-c5ccccc5)cc4NC=O)CC3)c2c1. The summed E-state index contributed by atoms with van der Waals surface area (Å²) in [6, 6.07) is 17.9. The number of fused-ring (bicyclic) bond motifs is 1. The van der Waals surface area contributed by atoms with Crippen molar-refractivity contribution in [3.8, 4) is 11.1 Å². The molecule has 2 aromatic carbocycles. The van der Waals surface area contributed by atoms with Crippen LogP contribution in [-0.2, 0) is 11.2 Å².